The van der Waals surface area contributed by atoms with E-state index >= 15 is 0 Å². The van der Waals surface area contributed by atoms with Gasteiger partial charge in [0.2, 0.25) is 0 Å². The van der Waals surface area contributed by atoms with Gasteiger partial charge in [-0.05, 0) is 18.6 Å². The first-order chi connectivity index (χ1) is 11.3. The zero-order valence-electron chi connectivity index (χ0n) is 13.5. The first-order valence-corrected chi connectivity index (χ1v) is 7.90. The van der Waals surface area contributed by atoms with Crippen molar-refractivity contribution in [2.24, 2.45) is 4.99 Å². The van der Waals surface area contributed by atoms with E-state index in [4.69, 9.17) is 4.42 Å². The number of aryl methyl sites for hydroxylation is 1. The van der Waals surface area contributed by atoms with Crippen LogP contribution in [-0.2, 0) is 19.4 Å². The molecule has 2 N–H and O–H groups in total. The summed E-state index contributed by atoms with van der Waals surface area (Å²) < 4.78 is 7.29. The zero-order valence-corrected chi connectivity index (χ0v) is 15.8. The SMILES string of the molecule is C=CCNC(=NCCc1ccco1)NC1CCc2ncnn2C1.I. The minimum absolute atomic E-state index is 0. The number of rotatable bonds is 6. The molecule has 0 aromatic carbocycles. The minimum atomic E-state index is 0. The molecule has 1 atom stereocenters. The highest BCUT2D eigenvalue weighted by Gasteiger charge is 2.20. The van der Waals surface area contributed by atoms with Gasteiger partial charge >= 0.3 is 0 Å². The van der Waals surface area contributed by atoms with Gasteiger partial charge in [-0.3, -0.25) is 4.99 Å². The molecule has 0 saturated carbocycles. The Morgan fingerprint density at radius 2 is 2.46 bits per heavy atom. The third-order valence-electron chi connectivity index (χ3n) is 3.77. The molecule has 0 bridgehead atoms. The van der Waals surface area contributed by atoms with Crippen molar-refractivity contribution in [2.75, 3.05) is 13.1 Å². The molecule has 7 nitrogen and oxygen atoms in total. The Hall–Kier alpha value is -1.84. The fourth-order valence-electron chi connectivity index (χ4n) is 2.60. The monoisotopic (exact) mass is 442 g/mol. The smallest absolute Gasteiger partial charge is 0.191 e. The van der Waals surface area contributed by atoms with Gasteiger partial charge in [0.15, 0.2) is 5.96 Å². The van der Waals surface area contributed by atoms with Crippen molar-refractivity contribution in [3.8, 4) is 0 Å². The van der Waals surface area contributed by atoms with Crippen molar-refractivity contribution < 1.29 is 4.42 Å². The Labute approximate surface area is 158 Å². The molecule has 2 aromatic rings. The van der Waals surface area contributed by atoms with Crippen LogP contribution in [-0.4, -0.2) is 39.9 Å². The number of nitrogens with one attached hydrogen (secondary N) is 2. The topological polar surface area (TPSA) is 80.3 Å². The first kappa shape index (κ1) is 18.5. The largest absolute Gasteiger partial charge is 0.469 e. The van der Waals surface area contributed by atoms with Crippen LogP contribution in [0, 0.1) is 0 Å². The molecule has 1 aliphatic heterocycles. The summed E-state index contributed by atoms with van der Waals surface area (Å²) in [5.74, 6) is 2.80. The lowest BCUT2D eigenvalue weighted by atomic mass is 10.1. The molecule has 3 heterocycles. The van der Waals surface area contributed by atoms with Gasteiger partial charge in [-0.2, -0.15) is 5.10 Å². The Balaban J connectivity index is 0.00000208. The highest BCUT2D eigenvalue weighted by Crippen LogP contribution is 2.11. The van der Waals surface area contributed by atoms with Crippen LogP contribution in [0.15, 0.2) is 46.8 Å². The summed E-state index contributed by atoms with van der Waals surface area (Å²) in [6, 6.07) is 4.16. The van der Waals surface area contributed by atoms with E-state index in [-0.39, 0.29) is 24.0 Å². The highest BCUT2D eigenvalue weighted by atomic mass is 127. The molecule has 8 heteroatoms. The lowest BCUT2D eigenvalue weighted by molar-refractivity contribution is 0.393. The normalized spacial score (nSPS) is 16.8. The van der Waals surface area contributed by atoms with Crippen LogP contribution in [0.2, 0.25) is 0 Å². The Kier molecular flexibility index (Phi) is 7.29. The maximum atomic E-state index is 5.33. The number of halogens is 1. The van der Waals surface area contributed by atoms with Crippen LogP contribution < -0.4 is 10.6 Å². The van der Waals surface area contributed by atoms with Crippen molar-refractivity contribution in [3.05, 3.63) is 49.0 Å². The minimum Gasteiger partial charge on any atom is -0.469 e. The molecule has 1 unspecified atom stereocenters. The lowest BCUT2D eigenvalue weighted by Gasteiger charge is -2.25. The Bertz CT molecular complexity index is 651. The standard InChI is InChI=1S/C16H22N6O.HI/c1-2-8-17-16(18-9-7-14-4-3-10-23-14)21-13-5-6-15-19-12-20-22(15)11-13;/h2-4,10,12-13H,1,5-9,11H2,(H2,17,18,21);1H. The van der Waals surface area contributed by atoms with E-state index in [0.717, 1.165) is 43.4 Å². The third kappa shape index (κ3) is 5.08. The van der Waals surface area contributed by atoms with Gasteiger partial charge in [-0.25, -0.2) is 9.67 Å². The second-order valence-electron chi connectivity index (χ2n) is 5.47. The lowest BCUT2D eigenvalue weighted by Crippen LogP contribution is -2.47. The predicted molar refractivity (Wildman–Crippen MR) is 104 cm³/mol. The van der Waals surface area contributed by atoms with Crippen molar-refractivity contribution in [1.82, 2.24) is 25.4 Å². The van der Waals surface area contributed by atoms with Crippen LogP contribution in [0.5, 0.6) is 0 Å². The number of hydrogen-bond donors (Lipinski definition) is 2. The molecule has 0 aliphatic carbocycles. The summed E-state index contributed by atoms with van der Waals surface area (Å²) in [6.07, 6.45) is 7.86. The zero-order chi connectivity index (χ0) is 15.9. The average molecular weight is 442 g/mol. The van der Waals surface area contributed by atoms with E-state index in [0.29, 0.717) is 19.1 Å². The number of aromatic nitrogens is 3. The first-order valence-electron chi connectivity index (χ1n) is 7.90. The summed E-state index contributed by atoms with van der Waals surface area (Å²) in [5, 5.41) is 11.0. The van der Waals surface area contributed by atoms with E-state index in [1.54, 1.807) is 12.6 Å². The number of nitrogens with zero attached hydrogens (tertiary/aromatic N) is 4. The van der Waals surface area contributed by atoms with Crippen molar-refractivity contribution in [3.63, 3.8) is 0 Å². The van der Waals surface area contributed by atoms with Crippen molar-refractivity contribution in [1.29, 1.82) is 0 Å². The van der Waals surface area contributed by atoms with Crippen molar-refractivity contribution in [2.45, 2.75) is 31.8 Å². The van der Waals surface area contributed by atoms with E-state index in [1.807, 2.05) is 22.9 Å². The number of fused-ring (bicyclic) bond motifs is 1. The van der Waals surface area contributed by atoms with Crippen LogP contribution in [0.3, 0.4) is 0 Å². The van der Waals surface area contributed by atoms with E-state index in [1.165, 1.54) is 0 Å². The van der Waals surface area contributed by atoms with Crippen LogP contribution in [0.1, 0.15) is 18.0 Å². The molecule has 3 rings (SSSR count). The molecule has 130 valence electrons. The number of aliphatic imine (C=N–C) groups is 1. The third-order valence-corrected chi connectivity index (χ3v) is 3.77. The number of furan rings is 1. The molecular weight excluding hydrogens is 419 g/mol. The van der Waals surface area contributed by atoms with E-state index in [9.17, 15) is 0 Å². The summed E-state index contributed by atoms with van der Waals surface area (Å²) in [7, 11) is 0. The maximum Gasteiger partial charge on any atom is 0.191 e. The van der Waals surface area contributed by atoms with Gasteiger partial charge in [-0.15, -0.1) is 30.6 Å². The van der Waals surface area contributed by atoms with Crippen LogP contribution >= 0.6 is 24.0 Å². The highest BCUT2D eigenvalue weighted by molar-refractivity contribution is 14.0. The molecule has 0 saturated heterocycles. The molecule has 0 amide bonds. The average Bonchev–Trinajstić information content (AvgIpc) is 3.23. The summed E-state index contributed by atoms with van der Waals surface area (Å²) in [4.78, 5) is 8.87. The predicted octanol–water partition coefficient (Wildman–Crippen LogP) is 1.77. The van der Waals surface area contributed by atoms with E-state index < -0.39 is 0 Å². The van der Waals surface area contributed by atoms with Gasteiger partial charge in [0, 0.05) is 32.0 Å². The van der Waals surface area contributed by atoms with Gasteiger partial charge in [-0.1, -0.05) is 6.08 Å². The summed E-state index contributed by atoms with van der Waals surface area (Å²) in [6.45, 7) is 5.89. The number of hydrogen-bond acceptors (Lipinski definition) is 4. The quantitative estimate of drug-likeness (QED) is 0.309. The molecule has 0 fully saturated rings. The summed E-state index contributed by atoms with van der Waals surface area (Å²) in [5.41, 5.74) is 0. The molecule has 24 heavy (non-hydrogen) atoms. The second kappa shape index (κ2) is 9.45. The van der Waals surface area contributed by atoms with Crippen LogP contribution in [0.25, 0.3) is 0 Å². The Morgan fingerprint density at radius 3 is 3.25 bits per heavy atom. The fraction of sp³-hybridized carbons (Fsp3) is 0.438. The molecule has 0 radical (unpaired) electrons. The maximum absolute atomic E-state index is 5.33. The van der Waals surface area contributed by atoms with Crippen LogP contribution in [0.4, 0.5) is 0 Å². The van der Waals surface area contributed by atoms with E-state index in [2.05, 4.69) is 32.3 Å². The molecular formula is C16H23IN6O. The Morgan fingerprint density at radius 1 is 1.54 bits per heavy atom. The molecule has 1 aliphatic rings. The fourth-order valence-corrected chi connectivity index (χ4v) is 2.60. The summed E-state index contributed by atoms with van der Waals surface area (Å²) >= 11 is 0. The van der Waals surface area contributed by atoms with Gasteiger partial charge in [0.1, 0.15) is 17.9 Å². The molecule has 0 spiro atoms. The van der Waals surface area contributed by atoms with Gasteiger partial charge in [0.05, 0.1) is 12.8 Å². The van der Waals surface area contributed by atoms with Crippen molar-refractivity contribution >= 4 is 29.9 Å². The molecule has 2 aromatic heterocycles. The number of guanidine groups is 1. The van der Waals surface area contributed by atoms with Gasteiger partial charge in [0.25, 0.3) is 0 Å². The van der Waals surface area contributed by atoms with Gasteiger partial charge < -0.3 is 15.1 Å². The second-order valence-corrected chi connectivity index (χ2v) is 5.47.